The van der Waals surface area contributed by atoms with Gasteiger partial charge in [-0.2, -0.15) is 0 Å². The lowest BCUT2D eigenvalue weighted by molar-refractivity contribution is -0.126. The fourth-order valence-electron chi connectivity index (χ4n) is 4.01. The van der Waals surface area contributed by atoms with Crippen molar-refractivity contribution < 1.29 is 4.79 Å². The minimum atomic E-state index is 0.207. The van der Waals surface area contributed by atoms with E-state index in [-0.39, 0.29) is 11.8 Å². The van der Waals surface area contributed by atoms with E-state index in [2.05, 4.69) is 36.0 Å². The Morgan fingerprint density at radius 1 is 1.19 bits per heavy atom. The molecule has 2 rings (SSSR count). The highest BCUT2D eigenvalue weighted by molar-refractivity contribution is 5.78. The van der Waals surface area contributed by atoms with Crippen LogP contribution in [0.15, 0.2) is 0 Å². The maximum atomic E-state index is 12.1. The molecule has 2 fully saturated rings. The third-order valence-corrected chi connectivity index (χ3v) is 4.89. The Hall–Kier alpha value is -0.610. The molecule has 4 heteroatoms. The van der Waals surface area contributed by atoms with Crippen molar-refractivity contribution in [1.29, 1.82) is 0 Å². The average molecular weight is 295 g/mol. The molecule has 2 heterocycles. The van der Waals surface area contributed by atoms with Crippen LogP contribution in [-0.4, -0.2) is 62.0 Å². The van der Waals surface area contributed by atoms with Gasteiger partial charge in [0.15, 0.2) is 0 Å². The van der Waals surface area contributed by atoms with E-state index in [0.717, 1.165) is 57.3 Å². The number of nitrogens with one attached hydrogen (secondary N) is 1. The van der Waals surface area contributed by atoms with Gasteiger partial charge in [0.05, 0.1) is 5.92 Å². The van der Waals surface area contributed by atoms with E-state index in [4.69, 9.17) is 0 Å². The van der Waals surface area contributed by atoms with E-state index in [1.165, 1.54) is 19.5 Å². The number of rotatable bonds is 5. The number of carbonyl (C=O) groups excluding carboxylic acids is 1. The molecule has 2 saturated heterocycles. The Bertz CT molecular complexity index is 324. The molecule has 0 unspecified atom stereocenters. The zero-order chi connectivity index (χ0) is 15.2. The molecule has 122 valence electrons. The van der Waals surface area contributed by atoms with Gasteiger partial charge in [0.2, 0.25) is 5.91 Å². The number of amides is 1. The lowest BCUT2D eigenvalue weighted by atomic mass is 9.92. The zero-order valence-corrected chi connectivity index (χ0v) is 14.1. The summed E-state index contributed by atoms with van der Waals surface area (Å²) in [4.78, 5) is 17.0. The Morgan fingerprint density at radius 2 is 1.90 bits per heavy atom. The molecule has 0 spiro atoms. The molecule has 2 aliphatic heterocycles. The molecule has 1 N–H and O–H groups in total. The highest BCUT2D eigenvalue weighted by Crippen LogP contribution is 2.20. The lowest BCUT2D eigenvalue weighted by Gasteiger charge is -2.35. The molecule has 0 aromatic carbocycles. The second kappa shape index (κ2) is 8.14. The maximum absolute atomic E-state index is 12.1. The maximum Gasteiger partial charge on any atom is 0.224 e. The standard InChI is InChI=1S/C17H33N3O/c1-14-10-15(2)12-20(11-14)9-5-7-18-17(21)16-6-4-8-19(3)13-16/h14-16H,4-13H2,1-3H3,(H,18,21)/t14-,15-,16-/m1/s1. The molecular weight excluding hydrogens is 262 g/mol. The van der Waals surface area contributed by atoms with Crippen LogP contribution in [-0.2, 0) is 4.79 Å². The molecule has 21 heavy (non-hydrogen) atoms. The molecule has 0 radical (unpaired) electrons. The first-order valence-corrected chi connectivity index (χ1v) is 8.73. The summed E-state index contributed by atoms with van der Waals surface area (Å²) in [5, 5.41) is 3.14. The minimum absolute atomic E-state index is 0.207. The van der Waals surface area contributed by atoms with Gasteiger partial charge < -0.3 is 15.1 Å². The summed E-state index contributed by atoms with van der Waals surface area (Å²) in [6.07, 6.45) is 4.64. The van der Waals surface area contributed by atoms with Crippen LogP contribution in [0.2, 0.25) is 0 Å². The van der Waals surface area contributed by atoms with Crippen LogP contribution in [0.4, 0.5) is 0 Å². The number of piperidine rings is 2. The molecule has 4 nitrogen and oxygen atoms in total. The third kappa shape index (κ3) is 5.59. The van der Waals surface area contributed by atoms with Gasteiger partial charge in [0.25, 0.3) is 0 Å². The highest BCUT2D eigenvalue weighted by Gasteiger charge is 2.24. The van der Waals surface area contributed by atoms with Crippen molar-refractivity contribution in [1.82, 2.24) is 15.1 Å². The van der Waals surface area contributed by atoms with Crippen molar-refractivity contribution >= 4 is 5.91 Å². The number of hydrogen-bond donors (Lipinski definition) is 1. The predicted molar refractivity (Wildman–Crippen MR) is 87.2 cm³/mol. The van der Waals surface area contributed by atoms with Gasteiger partial charge in [-0.05, 0) is 57.7 Å². The fraction of sp³-hybridized carbons (Fsp3) is 0.941. The van der Waals surface area contributed by atoms with Crippen molar-refractivity contribution in [2.45, 2.75) is 39.5 Å². The van der Waals surface area contributed by atoms with Crippen LogP contribution in [0.25, 0.3) is 0 Å². The Kier molecular flexibility index (Phi) is 6.49. The summed E-state index contributed by atoms with van der Waals surface area (Å²) in [6.45, 7) is 11.2. The highest BCUT2D eigenvalue weighted by atomic mass is 16.1. The number of likely N-dealkylation sites (tertiary alicyclic amines) is 2. The minimum Gasteiger partial charge on any atom is -0.356 e. The summed E-state index contributed by atoms with van der Waals surface area (Å²) >= 11 is 0. The molecular formula is C17H33N3O. The van der Waals surface area contributed by atoms with E-state index in [1.54, 1.807) is 0 Å². The van der Waals surface area contributed by atoms with Crippen LogP contribution < -0.4 is 5.32 Å². The zero-order valence-electron chi connectivity index (χ0n) is 14.1. The summed E-state index contributed by atoms with van der Waals surface area (Å²) in [7, 11) is 2.11. The van der Waals surface area contributed by atoms with Gasteiger partial charge in [-0.1, -0.05) is 13.8 Å². The van der Waals surface area contributed by atoms with Gasteiger partial charge in [-0.15, -0.1) is 0 Å². The monoisotopic (exact) mass is 295 g/mol. The molecule has 0 aromatic rings. The van der Waals surface area contributed by atoms with Crippen LogP contribution in [0.3, 0.4) is 0 Å². The summed E-state index contributed by atoms with van der Waals surface area (Å²) in [6, 6.07) is 0. The van der Waals surface area contributed by atoms with Crippen LogP contribution >= 0.6 is 0 Å². The van der Waals surface area contributed by atoms with Gasteiger partial charge in [-0.25, -0.2) is 0 Å². The van der Waals surface area contributed by atoms with Crippen molar-refractivity contribution in [3.05, 3.63) is 0 Å². The lowest BCUT2D eigenvalue weighted by Crippen LogP contribution is -2.43. The first-order valence-electron chi connectivity index (χ1n) is 8.73. The van der Waals surface area contributed by atoms with Crippen molar-refractivity contribution in [3.63, 3.8) is 0 Å². The predicted octanol–water partition coefficient (Wildman–Crippen LogP) is 1.81. The van der Waals surface area contributed by atoms with E-state index in [1.807, 2.05) is 0 Å². The van der Waals surface area contributed by atoms with Gasteiger partial charge in [0, 0.05) is 26.2 Å². The molecule has 0 saturated carbocycles. The van der Waals surface area contributed by atoms with Gasteiger partial charge in [0.1, 0.15) is 0 Å². The second-order valence-electron chi connectivity index (χ2n) is 7.45. The summed E-state index contributed by atoms with van der Waals surface area (Å²) in [5.74, 6) is 2.11. The van der Waals surface area contributed by atoms with E-state index < -0.39 is 0 Å². The quantitative estimate of drug-likeness (QED) is 0.786. The summed E-state index contributed by atoms with van der Waals surface area (Å²) < 4.78 is 0. The van der Waals surface area contributed by atoms with Crippen molar-refractivity contribution in [2.75, 3.05) is 46.3 Å². The third-order valence-electron chi connectivity index (χ3n) is 4.89. The SMILES string of the molecule is C[C@@H]1C[C@@H](C)CN(CCCNC(=O)[C@@H]2CCCN(C)C2)C1. The van der Waals surface area contributed by atoms with Crippen LogP contribution in [0.5, 0.6) is 0 Å². The van der Waals surface area contributed by atoms with Crippen molar-refractivity contribution in [3.8, 4) is 0 Å². The van der Waals surface area contributed by atoms with E-state index >= 15 is 0 Å². The molecule has 1 amide bonds. The van der Waals surface area contributed by atoms with Crippen molar-refractivity contribution in [2.24, 2.45) is 17.8 Å². The fourth-order valence-corrected chi connectivity index (χ4v) is 4.01. The first-order chi connectivity index (χ1) is 10.0. The Labute approximate surface area is 130 Å². The van der Waals surface area contributed by atoms with Gasteiger partial charge >= 0.3 is 0 Å². The largest absolute Gasteiger partial charge is 0.356 e. The molecule has 2 aliphatic rings. The molecule has 0 aliphatic carbocycles. The topological polar surface area (TPSA) is 35.6 Å². The second-order valence-corrected chi connectivity index (χ2v) is 7.45. The summed E-state index contributed by atoms with van der Waals surface area (Å²) in [5.41, 5.74) is 0. The number of carbonyl (C=O) groups is 1. The Morgan fingerprint density at radius 3 is 2.57 bits per heavy atom. The van der Waals surface area contributed by atoms with Crippen LogP contribution in [0, 0.1) is 17.8 Å². The molecule has 0 aromatic heterocycles. The van der Waals surface area contributed by atoms with E-state index in [0.29, 0.717) is 0 Å². The number of hydrogen-bond acceptors (Lipinski definition) is 3. The van der Waals surface area contributed by atoms with E-state index in [9.17, 15) is 4.79 Å². The average Bonchev–Trinajstić information content (AvgIpc) is 2.42. The smallest absolute Gasteiger partial charge is 0.224 e. The van der Waals surface area contributed by atoms with Gasteiger partial charge in [-0.3, -0.25) is 4.79 Å². The number of nitrogens with zero attached hydrogens (tertiary/aromatic N) is 2. The molecule has 0 bridgehead atoms. The first kappa shape index (κ1) is 16.8. The normalized spacial score (nSPS) is 32.0. The van der Waals surface area contributed by atoms with Crippen LogP contribution in [0.1, 0.15) is 39.5 Å². The Balaban J connectivity index is 1.59. The molecule has 3 atom stereocenters.